The average molecular weight is 345 g/mol. The summed E-state index contributed by atoms with van der Waals surface area (Å²) in [5.41, 5.74) is 4.66. The Morgan fingerprint density at radius 2 is 1.42 bits per heavy atom. The quantitative estimate of drug-likeness (QED) is 0.459. The van der Waals surface area contributed by atoms with E-state index in [1.165, 1.54) is 12.1 Å². The van der Waals surface area contributed by atoms with E-state index < -0.39 is 5.51 Å². The van der Waals surface area contributed by atoms with E-state index in [0.717, 1.165) is 27.5 Å². The maximum atomic E-state index is 12.4. The Morgan fingerprint density at radius 3 is 2.08 bits per heavy atom. The summed E-state index contributed by atoms with van der Waals surface area (Å²) < 4.78 is 37.1. The average Bonchev–Trinajstić information content (AvgIpc) is 2.53. The van der Waals surface area contributed by atoms with E-state index in [-0.39, 0.29) is 16.7 Å². The largest absolute Gasteiger partial charge is 0.446 e. The van der Waals surface area contributed by atoms with Gasteiger partial charge in [-0.3, -0.25) is 0 Å². The maximum absolute atomic E-state index is 12.4. The first-order valence-electron chi connectivity index (χ1n) is 7.16. The molecule has 0 aliphatic rings. The molecule has 0 heterocycles. The van der Waals surface area contributed by atoms with Crippen LogP contribution in [0.25, 0.3) is 16.3 Å². The summed E-state index contributed by atoms with van der Waals surface area (Å²) in [7, 11) is 0. The van der Waals surface area contributed by atoms with Gasteiger partial charge in [0.05, 0.1) is 0 Å². The number of hydrogen-bond donors (Lipinski definition) is 1. The van der Waals surface area contributed by atoms with E-state index >= 15 is 0 Å². The highest BCUT2D eigenvalue weighted by Crippen LogP contribution is 2.37. The van der Waals surface area contributed by atoms with E-state index in [9.17, 15) is 13.2 Å². The molecule has 0 aromatic heterocycles. The van der Waals surface area contributed by atoms with Crippen LogP contribution in [0.5, 0.6) is 0 Å². The fraction of sp³-hybridized carbons (Fsp3) is 0.0526. The fourth-order valence-corrected chi connectivity index (χ4v) is 3.02. The third-order valence-electron chi connectivity index (χ3n) is 3.65. The van der Waals surface area contributed by atoms with Crippen molar-refractivity contribution in [3.05, 3.63) is 78.4 Å². The molecule has 3 rings (SSSR count). The topological polar surface area (TPSA) is 26.0 Å². The molecule has 5 heteroatoms. The van der Waals surface area contributed by atoms with Crippen molar-refractivity contribution in [2.45, 2.75) is 10.4 Å². The Morgan fingerprint density at radius 1 is 0.833 bits per heavy atom. The van der Waals surface area contributed by atoms with Crippen LogP contribution < -0.4 is 5.73 Å². The monoisotopic (exact) mass is 345 g/mol. The van der Waals surface area contributed by atoms with E-state index in [2.05, 4.69) is 6.58 Å². The Hall–Kier alpha value is -2.40. The Bertz CT molecular complexity index is 899. The van der Waals surface area contributed by atoms with Gasteiger partial charge >= 0.3 is 5.51 Å². The van der Waals surface area contributed by atoms with Gasteiger partial charge in [-0.1, -0.05) is 36.9 Å². The van der Waals surface area contributed by atoms with Crippen molar-refractivity contribution in [3.8, 4) is 0 Å². The molecule has 0 atom stereocenters. The lowest BCUT2D eigenvalue weighted by Gasteiger charge is -2.10. The molecule has 0 saturated carbocycles. The van der Waals surface area contributed by atoms with E-state index in [1.807, 2.05) is 36.4 Å². The molecule has 122 valence electrons. The molecule has 0 aliphatic carbocycles. The first kappa shape index (κ1) is 16.5. The second kappa shape index (κ2) is 6.24. The van der Waals surface area contributed by atoms with Crippen LogP contribution in [0.3, 0.4) is 0 Å². The van der Waals surface area contributed by atoms with Crippen LogP contribution in [-0.2, 0) is 0 Å². The normalized spacial score (nSPS) is 11.6. The second-order valence-electron chi connectivity index (χ2n) is 5.37. The molecule has 3 aromatic rings. The number of alkyl halides is 3. The van der Waals surface area contributed by atoms with Gasteiger partial charge in [0.2, 0.25) is 0 Å². The standard InChI is InChI=1S/C19H14F3NS/c1-12(13-5-8-18(9-6-13)24-19(20,21)22)14-2-3-16-11-17(23)7-4-15(16)10-14/h2-11H,1,23H2. The predicted molar refractivity (Wildman–Crippen MR) is 94.9 cm³/mol. The van der Waals surface area contributed by atoms with Crippen molar-refractivity contribution in [2.24, 2.45) is 0 Å². The van der Waals surface area contributed by atoms with Crippen LogP contribution in [0, 0.1) is 0 Å². The van der Waals surface area contributed by atoms with E-state index in [4.69, 9.17) is 5.73 Å². The number of fused-ring (bicyclic) bond motifs is 1. The lowest BCUT2D eigenvalue weighted by molar-refractivity contribution is -0.0328. The molecule has 3 aromatic carbocycles. The Labute approximate surface area is 142 Å². The number of thioether (sulfide) groups is 1. The zero-order chi connectivity index (χ0) is 17.3. The molecule has 1 nitrogen and oxygen atoms in total. The van der Waals surface area contributed by atoms with Crippen LogP contribution >= 0.6 is 11.8 Å². The zero-order valence-corrected chi connectivity index (χ0v) is 13.4. The van der Waals surface area contributed by atoms with Gasteiger partial charge in [-0.05, 0) is 69.6 Å². The molecule has 2 N–H and O–H groups in total. The molecule has 0 unspecified atom stereocenters. The lowest BCUT2D eigenvalue weighted by Crippen LogP contribution is -1.98. The second-order valence-corrected chi connectivity index (χ2v) is 6.51. The van der Waals surface area contributed by atoms with Gasteiger partial charge in [-0.25, -0.2) is 0 Å². The van der Waals surface area contributed by atoms with Crippen molar-refractivity contribution >= 4 is 33.8 Å². The smallest absolute Gasteiger partial charge is 0.399 e. The van der Waals surface area contributed by atoms with Crippen molar-refractivity contribution in [3.63, 3.8) is 0 Å². The summed E-state index contributed by atoms with van der Waals surface area (Å²) in [5.74, 6) is 0. The van der Waals surface area contributed by atoms with Crippen LogP contribution in [0.4, 0.5) is 18.9 Å². The van der Waals surface area contributed by atoms with Gasteiger partial charge in [0.25, 0.3) is 0 Å². The molecule has 0 aliphatic heterocycles. The molecule has 0 fully saturated rings. The summed E-state index contributed by atoms with van der Waals surface area (Å²) in [6.07, 6.45) is 0. The molecule has 0 spiro atoms. The summed E-state index contributed by atoms with van der Waals surface area (Å²) >= 11 is -0.121. The fourth-order valence-electron chi connectivity index (χ4n) is 2.48. The minimum absolute atomic E-state index is 0.121. The highest BCUT2D eigenvalue weighted by molar-refractivity contribution is 8.00. The van der Waals surface area contributed by atoms with Gasteiger partial charge in [0.1, 0.15) is 0 Å². The van der Waals surface area contributed by atoms with Crippen molar-refractivity contribution in [1.82, 2.24) is 0 Å². The lowest BCUT2D eigenvalue weighted by atomic mass is 9.97. The van der Waals surface area contributed by atoms with Gasteiger partial charge < -0.3 is 5.73 Å². The van der Waals surface area contributed by atoms with Gasteiger partial charge in [-0.2, -0.15) is 13.2 Å². The third-order valence-corrected chi connectivity index (χ3v) is 4.39. The highest BCUT2D eigenvalue weighted by atomic mass is 32.2. The molecule has 24 heavy (non-hydrogen) atoms. The number of nitrogens with two attached hydrogens (primary N) is 1. The number of rotatable bonds is 3. The molecule has 0 radical (unpaired) electrons. The number of benzene rings is 3. The molecular weight excluding hydrogens is 331 g/mol. The minimum atomic E-state index is -4.28. The van der Waals surface area contributed by atoms with Crippen LogP contribution in [0.2, 0.25) is 0 Å². The number of halogens is 3. The van der Waals surface area contributed by atoms with E-state index in [0.29, 0.717) is 5.69 Å². The highest BCUT2D eigenvalue weighted by Gasteiger charge is 2.29. The summed E-state index contributed by atoms with van der Waals surface area (Å²) in [4.78, 5) is 0.160. The SMILES string of the molecule is C=C(c1ccc(SC(F)(F)F)cc1)c1ccc2cc(N)ccc2c1. The van der Waals surface area contributed by atoms with Gasteiger partial charge in [0.15, 0.2) is 0 Å². The van der Waals surface area contributed by atoms with Crippen molar-refractivity contribution in [1.29, 1.82) is 0 Å². The first-order chi connectivity index (χ1) is 11.3. The summed E-state index contributed by atoms with van der Waals surface area (Å²) in [6.45, 7) is 4.07. The zero-order valence-electron chi connectivity index (χ0n) is 12.6. The van der Waals surface area contributed by atoms with Crippen LogP contribution in [0.15, 0.2) is 72.1 Å². The molecule has 0 saturated heterocycles. The van der Waals surface area contributed by atoms with Gasteiger partial charge in [-0.15, -0.1) is 0 Å². The minimum Gasteiger partial charge on any atom is -0.399 e. The summed E-state index contributed by atoms with van der Waals surface area (Å²) in [6, 6.07) is 17.8. The molecule has 0 amide bonds. The van der Waals surface area contributed by atoms with E-state index in [1.54, 1.807) is 12.1 Å². The van der Waals surface area contributed by atoms with Crippen LogP contribution in [-0.4, -0.2) is 5.51 Å². The van der Waals surface area contributed by atoms with Crippen LogP contribution in [0.1, 0.15) is 11.1 Å². The molecule has 0 bridgehead atoms. The number of anilines is 1. The summed E-state index contributed by atoms with van der Waals surface area (Å²) in [5, 5.41) is 2.07. The van der Waals surface area contributed by atoms with Gasteiger partial charge in [0, 0.05) is 10.6 Å². The number of nitrogen functional groups attached to an aromatic ring is 1. The maximum Gasteiger partial charge on any atom is 0.446 e. The molecular formula is C19H14F3NS. The Kier molecular flexibility index (Phi) is 4.28. The third kappa shape index (κ3) is 3.74. The van der Waals surface area contributed by atoms with Crippen molar-refractivity contribution < 1.29 is 13.2 Å². The number of hydrogen-bond acceptors (Lipinski definition) is 2. The predicted octanol–water partition coefficient (Wildman–Crippen LogP) is 6.10. The first-order valence-corrected chi connectivity index (χ1v) is 7.98. The van der Waals surface area contributed by atoms with Crippen molar-refractivity contribution in [2.75, 3.05) is 5.73 Å². The Balaban J connectivity index is 1.87.